The van der Waals surface area contributed by atoms with Gasteiger partial charge < -0.3 is 23.7 Å². The van der Waals surface area contributed by atoms with Crippen LogP contribution in [0, 0.1) is 0 Å². The number of unbranched alkanes of at least 4 members (excludes halogenated alkanes) is 5. The van der Waals surface area contributed by atoms with Crippen molar-refractivity contribution < 1.29 is 33.3 Å². The molecule has 6 aromatic carbocycles. The van der Waals surface area contributed by atoms with E-state index in [0.29, 0.717) is 49.2 Å². The number of rotatable bonds is 23. The lowest BCUT2D eigenvalue weighted by Gasteiger charge is -2.09. The Balaban J connectivity index is 0.843. The average molecular weight is 818 g/mol. The molecule has 6 rings (SSSR count). The van der Waals surface area contributed by atoms with Crippen LogP contribution in [0.2, 0.25) is 0 Å². The maximum absolute atomic E-state index is 12.7. The molecular weight excluding hydrogens is 767 g/mol. The Labute approximate surface area is 357 Å². The molecule has 61 heavy (non-hydrogen) atoms. The second-order valence-electron chi connectivity index (χ2n) is 14.2. The molecule has 0 N–H and O–H groups in total. The molecule has 0 spiro atoms. The molecule has 0 atom stereocenters. The van der Waals surface area contributed by atoms with Crippen LogP contribution in [0.1, 0.15) is 67.8 Å². The minimum atomic E-state index is -0.451. The smallest absolute Gasteiger partial charge is 0.343 e. The molecular formula is C51H51N3O7. The standard InChI is InChI=1S/C51H51N3O7/c1-3-50(55)60-37-13-5-4-12-34-57-42-24-20-39(21-25-42)51(56)61-45-30-28-44(29-31-45)59-36-15-7-14-35-58-43-26-22-41(23-27-43)53-54-49-33-32-46(47-18-10-11-19-48(47)49)38(2)52-40-16-8-6-9-17-40/h3,6,8-11,16-33H,1,4-5,7,12-15,34-37H2,2H3. The summed E-state index contributed by atoms with van der Waals surface area (Å²) in [6.07, 6.45) is 7.48. The SMILES string of the molecule is C=CC(=O)OCCCCCCOc1ccc(C(=O)Oc2ccc(OCCCCCOc3ccc(N=Nc4ccc(C(C)=Nc5ccccc5)c5ccccc45)cc3)cc2)cc1. The van der Waals surface area contributed by atoms with Gasteiger partial charge in [-0.05, 0) is 148 Å². The van der Waals surface area contributed by atoms with E-state index < -0.39 is 11.9 Å². The molecule has 0 heterocycles. The van der Waals surface area contributed by atoms with E-state index in [2.05, 4.69) is 35.0 Å². The maximum atomic E-state index is 12.7. The first-order chi connectivity index (χ1) is 29.9. The van der Waals surface area contributed by atoms with Crippen LogP contribution in [-0.2, 0) is 9.53 Å². The fourth-order valence-corrected chi connectivity index (χ4v) is 6.36. The van der Waals surface area contributed by atoms with E-state index in [0.717, 1.165) is 89.8 Å². The third-order valence-electron chi connectivity index (χ3n) is 9.62. The fraction of sp³-hybridized carbons (Fsp3) is 0.235. The number of hydrogen-bond acceptors (Lipinski definition) is 10. The number of para-hydroxylation sites is 1. The third-order valence-corrected chi connectivity index (χ3v) is 9.62. The summed E-state index contributed by atoms with van der Waals surface area (Å²) in [5.74, 6) is 1.77. The van der Waals surface area contributed by atoms with Crippen LogP contribution in [0.5, 0.6) is 23.0 Å². The molecule has 0 saturated carbocycles. The minimum Gasteiger partial charge on any atom is -0.494 e. The molecule has 0 saturated heterocycles. The van der Waals surface area contributed by atoms with Gasteiger partial charge in [0.1, 0.15) is 23.0 Å². The molecule has 6 aromatic rings. The Bertz CT molecular complexity index is 2380. The molecule has 0 unspecified atom stereocenters. The highest BCUT2D eigenvalue weighted by atomic mass is 16.5. The van der Waals surface area contributed by atoms with E-state index in [1.54, 1.807) is 48.5 Å². The first-order valence-electron chi connectivity index (χ1n) is 20.7. The van der Waals surface area contributed by atoms with E-state index >= 15 is 0 Å². The van der Waals surface area contributed by atoms with Crippen molar-refractivity contribution in [3.63, 3.8) is 0 Å². The second kappa shape index (κ2) is 23.5. The van der Waals surface area contributed by atoms with Crippen molar-refractivity contribution in [2.24, 2.45) is 15.2 Å². The van der Waals surface area contributed by atoms with Crippen LogP contribution in [0.15, 0.2) is 167 Å². The first-order valence-corrected chi connectivity index (χ1v) is 20.7. The van der Waals surface area contributed by atoms with Gasteiger partial charge in [0, 0.05) is 22.7 Å². The van der Waals surface area contributed by atoms with Gasteiger partial charge in [-0.1, -0.05) is 55.1 Å². The molecule has 0 aliphatic heterocycles. The Morgan fingerprint density at radius 3 is 1.67 bits per heavy atom. The van der Waals surface area contributed by atoms with Crippen LogP contribution in [0.3, 0.4) is 0 Å². The number of azo groups is 1. The molecule has 0 aliphatic rings. The second-order valence-corrected chi connectivity index (χ2v) is 14.2. The van der Waals surface area contributed by atoms with Crippen molar-refractivity contribution in [2.75, 3.05) is 26.4 Å². The first kappa shape index (κ1) is 43.5. The van der Waals surface area contributed by atoms with Crippen LogP contribution in [0.4, 0.5) is 17.1 Å². The quantitative estimate of drug-likeness (QED) is 0.0158. The highest BCUT2D eigenvalue weighted by Crippen LogP contribution is 2.32. The summed E-state index contributed by atoms with van der Waals surface area (Å²) in [7, 11) is 0. The largest absolute Gasteiger partial charge is 0.494 e. The van der Waals surface area contributed by atoms with Crippen molar-refractivity contribution in [1.29, 1.82) is 0 Å². The van der Waals surface area contributed by atoms with Crippen LogP contribution in [0.25, 0.3) is 10.8 Å². The summed E-state index contributed by atoms with van der Waals surface area (Å²) in [6, 6.07) is 43.8. The number of fused-ring (bicyclic) bond motifs is 1. The molecule has 0 fully saturated rings. The Kier molecular flexibility index (Phi) is 16.8. The van der Waals surface area contributed by atoms with Crippen molar-refractivity contribution in [2.45, 2.75) is 51.9 Å². The number of nitrogens with zero attached hydrogens (tertiary/aromatic N) is 3. The molecule has 0 amide bonds. The van der Waals surface area contributed by atoms with E-state index in [1.165, 1.54) is 6.08 Å². The maximum Gasteiger partial charge on any atom is 0.343 e. The lowest BCUT2D eigenvalue weighted by Crippen LogP contribution is -2.08. The molecule has 0 radical (unpaired) electrons. The third kappa shape index (κ3) is 14.0. The molecule has 0 aromatic heterocycles. The Morgan fingerprint density at radius 1 is 0.525 bits per heavy atom. The van der Waals surface area contributed by atoms with E-state index in [9.17, 15) is 9.59 Å². The zero-order valence-corrected chi connectivity index (χ0v) is 34.5. The Morgan fingerprint density at radius 2 is 1.05 bits per heavy atom. The lowest BCUT2D eigenvalue weighted by molar-refractivity contribution is -0.137. The molecule has 0 aliphatic carbocycles. The summed E-state index contributed by atoms with van der Waals surface area (Å²) in [5, 5.41) is 11.2. The zero-order valence-electron chi connectivity index (χ0n) is 34.5. The van der Waals surface area contributed by atoms with E-state index in [4.69, 9.17) is 28.7 Å². The monoisotopic (exact) mass is 817 g/mol. The molecule has 10 heteroatoms. The summed E-state index contributed by atoms with van der Waals surface area (Å²) < 4.78 is 28.2. The van der Waals surface area contributed by atoms with Gasteiger partial charge >= 0.3 is 11.9 Å². The van der Waals surface area contributed by atoms with Gasteiger partial charge in [0.2, 0.25) is 0 Å². The van der Waals surface area contributed by atoms with Crippen LogP contribution < -0.4 is 18.9 Å². The predicted octanol–water partition coefficient (Wildman–Crippen LogP) is 12.9. The summed E-state index contributed by atoms with van der Waals surface area (Å²) in [4.78, 5) is 28.5. The molecule has 312 valence electrons. The number of aliphatic imine (C=N–C) groups is 1. The van der Waals surface area contributed by atoms with Crippen molar-refractivity contribution in [3.8, 4) is 23.0 Å². The van der Waals surface area contributed by atoms with Gasteiger partial charge in [0.05, 0.1) is 49.1 Å². The number of benzene rings is 6. The Hall–Kier alpha value is -7.07. The highest BCUT2D eigenvalue weighted by molar-refractivity contribution is 6.12. The number of ether oxygens (including phenoxy) is 5. The van der Waals surface area contributed by atoms with E-state index in [1.807, 2.05) is 79.7 Å². The van der Waals surface area contributed by atoms with Crippen molar-refractivity contribution in [3.05, 3.63) is 163 Å². The van der Waals surface area contributed by atoms with Gasteiger partial charge in [0.15, 0.2) is 0 Å². The molecule has 10 nitrogen and oxygen atoms in total. The van der Waals surface area contributed by atoms with Gasteiger partial charge in [-0.25, -0.2) is 9.59 Å². The predicted molar refractivity (Wildman–Crippen MR) is 241 cm³/mol. The number of hydrogen-bond donors (Lipinski definition) is 0. The highest BCUT2D eigenvalue weighted by Gasteiger charge is 2.11. The van der Waals surface area contributed by atoms with Crippen LogP contribution in [-0.4, -0.2) is 44.1 Å². The topological polar surface area (TPSA) is 117 Å². The van der Waals surface area contributed by atoms with Gasteiger partial charge in [-0.3, -0.25) is 4.99 Å². The number of carbonyl (C=O) groups excluding carboxylic acids is 2. The lowest BCUT2D eigenvalue weighted by atomic mass is 10.00. The summed E-state index contributed by atoms with van der Waals surface area (Å²) in [5.41, 5.74) is 4.89. The summed E-state index contributed by atoms with van der Waals surface area (Å²) in [6.45, 7) is 7.54. The average Bonchev–Trinajstić information content (AvgIpc) is 3.30. The van der Waals surface area contributed by atoms with Gasteiger partial charge in [-0.2, -0.15) is 5.11 Å². The van der Waals surface area contributed by atoms with Crippen molar-refractivity contribution >= 4 is 45.5 Å². The minimum absolute atomic E-state index is 0.393. The zero-order chi connectivity index (χ0) is 42.5. The normalized spacial score (nSPS) is 11.3. The van der Waals surface area contributed by atoms with Crippen molar-refractivity contribution in [1.82, 2.24) is 0 Å². The summed E-state index contributed by atoms with van der Waals surface area (Å²) >= 11 is 0. The van der Waals surface area contributed by atoms with Crippen LogP contribution >= 0.6 is 0 Å². The fourth-order valence-electron chi connectivity index (χ4n) is 6.36. The van der Waals surface area contributed by atoms with Gasteiger partial charge in [-0.15, -0.1) is 5.11 Å². The number of carbonyl (C=O) groups is 2. The number of esters is 2. The van der Waals surface area contributed by atoms with E-state index in [-0.39, 0.29) is 0 Å². The van der Waals surface area contributed by atoms with Gasteiger partial charge in [0.25, 0.3) is 0 Å². The molecule has 0 bridgehead atoms.